The first-order valence-corrected chi connectivity index (χ1v) is 11.3. The van der Waals surface area contributed by atoms with E-state index in [0.717, 1.165) is 69.9 Å². The van der Waals surface area contributed by atoms with Crippen molar-refractivity contribution in [3.8, 4) is 0 Å². The molecule has 2 heterocycles. The molecule has 140 valence electrons. The van der Waals surface area contributed by atoms with Crippen LogP contribution in [0.3, 0.4) is 0 Å². The number of thioether (sulfide) groups is 2. The van der Waals surface area contributed by atoms with Crippen LogP contribution < -0.4 is 0 Å². The lowest BCUT2D eigenvalue weighted by atomic mass is 10.3. The van der Waals surface area contributed by atoms with Gasteiger partial charge < -0.3 is 14.7 Å². The summed E-state index contributed by atoms with van der Waals surface area (Å²) in [6.07, 6.45) is 0. The molecule has 2 N–H and O–H groups in total. The highest BCUT2D eigenvalue weighted by Gasteiger charge is 2.03. The molecular weight excluding hydrogens is 376 g/mol. The third-order valence-corrected chi connectivity index (χ3v) is 5.96. The van der Waals surface area contributed by atoms with Crippen molar-refractivity contribution in [2.24, 2.45) is 0 Å². The van der Waals surface area contributed by atoms with E-state index in [0.29, 0.717) is 0 Å². The number of fused-ring (bicyclic) bond motifs is 2. The van der Waals surface area contributed by atoms with Crippen molar-refractivity contribution in [3.05, 3.63) is 60.2 Å². The first-order chi connectivity index (χ1) is 13.4. The van der Waals surface area contributed by atoms with Crippen molar-refractivity contribution in [2.45, 2.75) is 11.5 Å². The molecule has 7 heteroatoms. The van der Waals surface area contributed by atoms with E-state index in [1.165, 1.54) is 0 Å². The lowest BCUT2D eigenvalue weighted by Gasteiger charge is -2.03. The summed E-state index contributed by atoms with van der Waals surface area (Å²) in [4.78, 5) is 15.9. The Kier molecular flexibility index (Phi) is 6.34. The summed E-state index contributed by atoms with van der Waals surface area (Å²) in [7, 11) is 0. The van der Waals surface area contributed by atoms with Gasteiger partial charge in [-0.25, -0.2) is 9.97 Å². The second-order valence-electron chi connectivity index (χ2n) is 6.12. The molecule has 0 spiro atoms. The number of rotatable bonds is 10. The molecule has 0 saturated heterocycles. The summed E-state index contributed by atoms with van der Waals surface area (Å²) in [5.41, 5.74) is 4.27. The van der Waals surface area contributed by atoms with Crippen LogP contribution in [0.4, 0.5) is 0 Å². The van der Waals surface area contributed by atoms with Crippen LogP contribution in [-0.2, 0) is 16.2 Å². The van der Waals surface area contributed by atoms with Crippen LogP contribution in [0, 0.1) is 0 Å². The van der Waals surface area contributed by atoms with Crippen molar-refractivity contribution < 1.29 is 4.74 Å². The van der Waals surface area contributed by atoms with Gasteiger partial charge in [-0.1, -0.05) is 24.3 Å². The number of hydrogen-bond donors (Lipinski definition) is 2. The number of para-hydroxylation sites is 4. The molecule has 4 aromatic rings. The molecule has 2 aromatic carbocycles. The van der Waals surface area contributed by atoms with Gasteiger partial charge in [-0.2, -0.15) is 23.5 Å². The minimum absolute atomic E-state index is 0.774. The molecule has 0 bridgehead atoms. The molecule has 0 aliphatic rings. The number of aromatic nitrogens is 4. The molecule has 0 radical (unpaired) electrons. The van der Waals surface area contributed by atoms with Gasteiger partial charge >= 0.3 is 0 Å². The predicted molar refractivity (Wildman–Crippen MR) is 115 cm³/mol. The maximum absolute atomic E-state index is 5.72. The quantitative estimate of drug-likeness (QED) is 0.382. The van der Waals surface area contributed by atoms with E-state index in [1.807, 2.05) is 59.9 Å². The zero-order valence-corrected chi connectivity index (χ0v) is 16.6. The molecule has 0 unspecified atom stereocenters. The number of benzene rings is 2. The minimum atomic E-state index is 0.774. The number of hydrogen-bond acceptors (Lipinski definition) is 5. The highest BCUT2D eigenvalue weighted by molar-refractivity contribution is 7.98. The van der Waals surface area contributed by atoms with Gasteiger partial charge in [0, 0.05) is 11.5 Å². The van der Waals surface area contributed by atoms with Crippen LogP contribution in [0.1, 0.15) is 11.6 Å². The average Bonchev–Trinajstić information content (AvgIpc) is 3.29. The number of nitrogens with one attached hydrogen (secondary N) is 2. The summed E-state index contributed by atoms with van der Waals surface area (Å²) in [6.45, 7) is 1.55. The maximum Gasteiger partial charge on any atom is 0.117 e. The summed E-state index contributed by atoms with van der Waals surface area (Å²) >= 11 is 3.69. The van der Waals surface area contributed by atoms with Gasteiger partial charge in [0.05, 0.1) is 46.8 Å². The Morgan fingerprint density at radius 3 is 1.67 bits per heavy atom. The molecule has 4 rings (SSSR count). The van der Waals surface area contributed by atoms with Gasteiger partial charge in [-0.15, -0.1) is 0 Å². The number of aromatic amines is 2. The van der Waals surface area contributed by atoms with Crippen molar-refractivity contribution in [1.29, 1.82) is 0 Å². The van der Waals surface area contributed by atoms with Gasteiger partial charge in [0.1, 0.15) is 11.6 Å². The number of imidazole rings is 2. The third kappa shape index (κ3) is 5.06. The van der Waals surface area contributed by atoms with Crippen molar-refractivity contribution in [1.82, 2.24) is 19.9 Å². The molecule has 0 fully saturated rings. The lowest BCUT2D eigenvalue weighted by Crippen LogP contribution is -2.02. The Labute approximate surface area is 166 Å². The standard InChI is InChI=1S/C20H22N4OS2/c1-2-6-16-15(5-1)21-19(22-16)13-26-11-9-25-10-12-27-14-20-23-17-7-3-4-8-18(17)24-20/h1-8H,9-14H2,(H,21,22)(H,23,24). The molecule has 0 saturated carbocycles. The Balaban J connectivity index is 1.06. The second kappa shape index (κ2) is 9.30. The SMILES string of the molecule is c1ccc2[nH]c(CSCCOCCSCc3nc4ccccc4[nH]3)nc2c1. The highest BCUT2D eigenvalue weighted by atomic mass is 32.2. The van der Waals surface area contributed by atoms with E-state index in [-0.39, 0.29) is 0 Å². The topological polar surface area (TPSA) is 66.6 Å². The fraction of sp³-hybridized carbons (Fsp3) is 0.300. The second-order valence-corrected chi connectivity index (χ2v) is 8.33. The van der Waals surface area contributed by atoms with Gasteiger partial charge in [-0.3, -0.25) is 0 Å². The molecule has 0 amide bonds. The normalized spacial score (nSPS) is 11.6. The molecule has 0 aliphatic carbocycles. The van der Waals surface area contributed by atoms with Gasteiger partial charge in [-0.05, 0) is 24.3 Å². The molecule has 2 aromatic heterocycles. The summed E-state index contributed by atoms with van der Waals surface area (Å²) in [5.74, 6) is 5.79. The third-order valence-electron chi connectivity index (χ3n) is 4.10. The number of ether oxygens (including phenoxy) is 1. The van der Waals surface area contributed by atoms with E-state index in [9.17, 15) is 0 Å². The summed E-state index contributed by atoms with van der Waals surface area (Å²) in [6, 6.07) is 16.3. The Hall–Kier alpha value is -1.96. The fourth-order valence-electron chi connectivity index (χ4n) is 2.82. The van der Waals surface area contributed by atoms with Crippen LogP contribution in [0.5, 0.6) is 0 Å². The molecule has 0 aliphatic heterocycles. The molecule has 0 atom stereocenters. The molecule has 27 heavy (non-hydrogen) atoms. The van der Waals surface area contributed by atoms with Crippen LogP contribution in [0.15, 0.2) is 48.5 Å². The highest BCUT2D eigenvalue weighted by Crippen LogP contribution is 2.16. The number of H-pyrrole nitrogens is 2. The van der Waals surface area contributed by atoms with Crippen LogP contribution in [0.2, 0.25) is 0 Å². The largest absolute Gasteiger partial charge is 0.380 e. The summed E-state index contributed by atoms with van der Waals surface area (Å²) in [5, 5.41) is 0. The van der Waals surface area contributed by atoms with Crippen molar-refractivity contribution in [3.63, 3.8) is 0 Å². The zero-order chi connectivity index (χ0) is 18.3. The van der Waals surface area contributed by atoms with Gasteiger partial charge in [0.2, 0.25) is 0 Å². The van der Waals surface area contributed by atoms with E-state index >= 15 is 0 Å². The monoisotopic (exact) mass is 398 g/mol. The van der Waals surface area contributed by atoms with Crippen LogP contribution in [0.25, 0.3) is 22.1 Å². The van der Waals surface area contributed by atoms with Gasteiger partial charge in [0.15, 0.2) is 0 Å². The average molecular weight is 399 g/mol. The lowest BCUT2D eigenvalue weighted by molar-refractivity contribution is 0.167. The van der Waals surface area contributed by atoms with Crippen molar-refractivity contribution in [2.75, 3.05) is 24.7 Å². The fourth-order valence-corrected chi connectivity index (χ4v) is 4.24. The van der Waals surface area contributed by atoms with E-state index in [1.54, 1.807) is 0 Å². The number of nitrogens with zero attached hydrogens (tertiary/aromatic N) is 2. The first kappa shape index (κ1) is 18.4. The Morgan fingerprint density at radius 1 is 0.704 bits per heavy atom. The predicted octanol–water partition coefficient (Wildman–Crippen LogP) is 4.62. The van der Waals surface area contributed by atoms with E-state index < -0.39 is 0 Å². The van der Waals surface area contributed by atoms with E-state index in [2.05, 4.69) is 32.1 Å². The minimum Gasteiger partial charge on any atom is -0.380 e. The van der Waals surface area contributed by atoms with E-state index in [4.69, 9.17) is 4.74 Å². The van der Waals surface area contributed by atoms with Crippen molar-refractivity contribution >= 4 is 45.6 Å². The Morgan fingerprint density at radius 2 is 1.19 bits per heavy atom. The smallest absolute Gasteiger partial charge is 0.117 e. The Bertz CT molecular complexity index is 852. The zero-order valence-electron chi connectivity index (χ0n) is 15.0. The van der Waals surface area contributed by atoms with Crippen LogP contribution in [-0.4, -0.2) is 44.7 Å². The van der Waals surface area contributed by atoms with Gasteiger partial charge in [0.25, 0.3) is 0 Å². The molecular formula is C20H22N4OS2. The first-order valence-electron chi connectivity index (χ1n) is 8.99. The molecule has 5 nitrogen and oxygen atoms in total. The van der Waals surface area contributed by atoms with Crippen LogP contribution >= 0.6 is 23.5 Å². The maximum atomic E-state index is 5.72. The summed E-state index contributed by atoms with van der Waals surface area (Å²) < 4.78 is 5.72.